The molecule has 0 spiro atoms. The quantitative estimate of drug-likeness (QED) is 0.708. The number of nitrogens with zero attached hydrogens (tertiary/aromatic N) is 1. The Labute approximate surface area is 77.5 Å². The first-order valence-corrected chi connectivity index (χ1v) is 4.02. The summed E-state index contributed by atoms with van der Waals surface area (Å²) in [6.45, 7) is 2.49. The predicted molar refractivity (Wildman–Crippen MR) is 48.9 cm³/mol. The number of ether oxygens (including phenoxy) is 2. The molecular formula is C10H11NO2. The normalized spacial score (nSPS) is 9.00. The molecule has 3 nitrogen and oxygen atoms in total. The summed E-state index contributed by atoms with van der Waals surface area (Å²) in [5.74, 6) is 1.27. The van der Waals surface area contributed by atoms with Gasteiger partial charge in [-0.25, -0.2) is 0 Å². The molecular weight excluding hydrogens is 166 g/mol. The lowest BCUT2D eigenvalue weighted by Crippen LogP contribution is -1.95. The highest BCUT2D eigenvalue weighted by Gasteiger charge is 2.03. The molecule has 0 unspecified atom stereocenters. The van der Waals surface area contributed by atoms with E-state index in [0.29, 0.717) is 23.7 Å². The molecule has 1 aromatic carbocycles. The van der Waals surface area contributed by atoms with E-state index in [-0.39, 0.29) is 0 Å². The van der Waals surface area contributed by atoms with E-state index in [4.69, 9.17) is 14.7 Å². The van der Waals surface area contributed by atoms with Crippen LogP contribution in [0.5, 0.6) is 11.5 Å². The lowest BCUT2D eigenvalue weighted by molar-refractivity contribution is 0.311. The van der Waals surface area contributed by atoms with Gasteiger partial charge in [-0.05, 0) is 19.1 Å². The van der Waals surface area contributed by atoms with Crippen LogP contribution in [-0.4, -0.2) is 13.7 Å². The topological polar surface area (TPSA) is 42.2 Å². The highest BCUT2D eigenvalue weighted by molar-refractivity contribution is 5.46. The van der Waals surface area contributed by atoms with Crippen LogP contribution < -0.4 is 9.47 Å². The van der Waals surface area contributed by atoms with Crippen LogP contribution in [0.15, 0.2) is 18.2 Å². The van der Waals surface area contributed by atoms with Crippen molar-refractivity contribution in [2.24, 2.45) is 0 Å². The summed E-state index contributed by atoms with van der Waals surface area (Å²) in [6.07, 6.45) is 0. The minimum Gasteiger partial charge on any atom is -0.493 e. The second-order valence-electron chi connectivity index (χ2n) is 2.41. The van der Waals surface area contributed by atoms with Gasteiger partial charge in [-0.1, -0.05) is 0 Å². The van der Waals surface area contributed by atoms with Gasteiger partial charge in [-0.15, -0.1) is 0 Å². The number of benzene rings is 1. The van der Waals surface area contributed by atoms with Crippen LogP contribution in [0.25, 0.3) is 0 Å². The Bertz CT molecular complexity index is 328. The molecule has 0 aromatic heterocycles. The fourth-order valence-electron chi connectivity index (χ4n) is 1.01. The van der Waals surface area contributed by atoms with Gasteiger partial charge in [-0.2, -0.15) is 5.26 Å². The standard InChI is InChI=1S/C10H11NO2/c1-3-13-9-5-4-8(7-11)6-10(9)12-2/h4-6H,3H2,1-2H3. The van der Waals surface area contributed by atoms with Crippen molar-refractivity contribution in [1.29, 1.82) is 5.26 Å². The van der Waals surface area contributed by atoms with Crippen LogP contribution in [0.3, 0.4) is 0 Å². The molecule has 0 aliphatic carbocycles. The molecule has 0 N–H and O–H groups in total. The van der Waals surface area contributed by atoms with E-state index in [1.807, 2.05) is 13.0 Å². The highest BCUT2D eigenvalue weighted by atomic mass is 16.5. The van der Waals surface area contributed by atoms with E-state index in [1.54, 1.807) is 25.3 Å². The van der Waals surface area contributed by atoms with Gasteiger partial charge in [0.25, 0.3) is 0 Å². The van der Waals surface area contributed by atoms with Gasteiger partial charge >= 0.3 is 0 Å². The van der Waals surface area contributed by atoms with Gasteiger partial charge in [0.05, 0.1) is 25.3 Å². The molecule has 0 amide bonds. The minimum absolute atomic E-state index is 0.570. The molecule has 0 heterocycles. The molecule has 0 saturated carbocycles. The Morgan fingerprint density at radius 1 is 1.38 bits per heavy atom. The van der Waals surface area contributed by atoms with Crippen molar-refractivity contribution in [3.8, 4) is 17.6 Å². The molecule has 0 aliphatic heterocycles. The summed E-state index contributed by atoms with van der Waals surface area (Å²) >= 11 is 0. The maximum Gasteiger partial charge on any atom is 0.162 e. The summed E-state index contributed by atoms with van der Waals surface area (Å²) < 4.78 is 10.4. The number of rotatable bonds is 3. The number of nitriles is 1. The third kappa shape index (κ3) is 2.12. The van der Waals surface area contributed by atoms with Gasteiger partial charge in [0.15, 0.2) is 11.5 Å². The summed E-state index contributed by atoms with van der Waals surface area (Å²) in [4.78, 5) is 0. The fraction of sp³-hybridized carbons (Fsp3) is 0.300. The highest BCUT2D eigenvalue weighted by Crippen LogP contribution is 2.27. The van der Waals surface area contributed by atoms with Crippen molar-refractivity contribution in [3.63, 3.8) is 0 Å². The first-order valence-electron chi connectivity index (χ1n) is 4.02. The Hall–Kier alpha value is -1.69. The monoisotopic (exact) mass is 177 g/mol. The van der Waals surface area contributed by atoms with Crippen LogP contribution in [0.2, 0.25) is 0 Å². The smallest absolute Gasteiger partial charge is 0.162 e. The van der Waals surface area contributed by atoms with Crippen molar-refractivity contribution in [1.82, 2.24) is 0 Å². The van der Waals surface area contributed by atoms with Crippen molar-refractivity contribution < 1.29 is 9.47 Å². The van der Waals surface area contributed by atoms with Crippen molar-refractivity contribution >= 4 is 0 Å². The lowest BCUT2D eigenvalue weighted by Gasteiger charge is -2.08. The maximum atomic E-state index is 8.63. The molecule has 1 aromatic rings. The first kappa shape index (κ1) is 9.40. The summed E-state index contributed by atoms with van der Waals surface area (Å²) in [5.41, 5.74) is 0.570. The fourth-order valence-corrected chi connectivity index (χ4v) is 1.01. The molecule has 68 valence electrons. The van der Waals surface area contributed by atoms with E-state index in [1.165, 1.54) is 0 Å². The molecule has 0 bridgehead atoms. The zero-order valence-corrected chi connectivity index (χ0v) is 7.70. The third-order valence-corrected chi connectivity index (χ3v) is 1.59. The van der Waals surface area contributed by atoms with Gasteiger partial charge < -0.3 is 9.47 Å². The van der Waals surface area contributed by atoms with Gasteiger partial charge in [-0.3, -0.25) is 0 Å². The number of methoxy groups -OCH3 is 1. The van der Waals surface area contributed by atoms with Crippen molar-refractivity contribution in [3.05, 3.63) is 23.8 Å². The SMILES string of the molecule is CCOc1ccc(C#N)cc1OC. The number of hydrogen-bond acceptors (Lipinski definition) is 3. The Morgan fingerprint density at radius 2 is 2.15 bits per heavy atom. The second kappa shape index (κ2) is 4.36. The molecule has 3 heteroatoms. The van der Waals surface area contributed by atoms with Gasteiger partial charge in [0, 0.05) is 6.07 Å². The summed E-state index contributed by atoms with van der Waals surface area (Å²) in [6, 6.07) is 7.13. The van der Waals surface area contributed by atoms with Gasteiger partial charge in [0.1, 0.15) is 0 Å². The zero-order valence-electron chi connectivity index (χ0n) is 7.70. The largest absolute Gasteiger partial charge is 0.493 e. The average molecular weight is 177 g/mol. The Morgan fingerprint density at radius 3 is 2.69 bits per heavy atom. The predicted octanol–water partition coefficient (Wildman–Crippen LogP) is 1.97. The Kier molecular flexibility index (Phi) is 3.15. The first-order chi connectivity index (χ1) is 6.31. The van der Waals surface area contributed by atoms with Crippen LogP contribution >= 0.6 is 0 Å². The molecule has 0 fully saturated rings. The van der Waals surface area contributed by atoms with Crippen LogP contribution in [-0.2, 0) is 0 Å². The van der Waals surface area contributed by atoms with E-state index in [2.05, 4.69) is 0 Å². The Balaban J connectivity index is 3.02. The molecule has 1 rings (SSSR count). The molecule has 13 heavy (non-hydrogen) atoms. The molecule has 0 radical (unpaired) electrons. The van der Waals surface area contributed by atoms with E-state index < -0.39 is 0 Å². The van der Waals surface area contributed by atoms with E-state index in [0.717, 1.165) is 0 Å². The molecule has 0 atom stereocenters. The van der Waals surface area contributed by atoms with E-state index >= 15 is 0 Å². The zero-order chi connectivity index (χ0) is 9.68. The van der Waals surface area contributed by atoms with Crippen LogP contribution in [0.1, 0.15) is 12.5 Å². The maximum absolute atomic E-state index is 8.63. The molecule has 0 aliphatic rings. The second-order valence-corrected chi connectivity index (χ2v) is 2.41. The number of hydrogen-bond donors (Lipinski definition) is 0. The van der Waals surface area contributed by atoms with Crippen LogP contribution in [0, 0.1) is 11.3 Å². The van der Waals surface area contributed by atoms with Gasteiger partial charge in [0.2, 0.25) is 0 Å². The average Bonchev–Trinajstić information content (AvgIpc) is 2.19. The molecule has 0 saturated heterocycles. The minimum atomic E-state index is 0.570. The van der Waals surface area contributed by atoms with Crippen molar-refractivity contribution in [2.75, 3.05) is 13.7 Å². The third-order valence-electron chi connectivity index (χ3n) is 1.59. The van der Waals surface area contributed by atoms with E-state index in [9.17, 15) is 0 Å². The lowest BCUT2D eigenvalue weighted by atomic mass is 10.2. The summed E-state index contributed by atoms with van der Waals surface area (Å²) in [5, 5.41) is 8.63. The van der Waals surface area contributed by atoms with Crippen LogP contribution in [0.4, 0.5) is 0 Å². The summed E-state index contributed by atoms with van der Waals surface area (Å²) in [7, 11) is 1.55. The van der Waals surface area contributed by atoms with Crippen molar-refractivity contribution in [2.45, 2.75) is 6.92 Å².